The lowest BCUT2D eigenvalue weighted by molar-refractivity contribution is 0.171. The second-order valence-electron chi connectivity index (χ2n) is 3.04. The van der Waals surface area contributed by atoms with Gasteiger partial charge >= 0.3 is 0 Å². The Morgan fingerprint density at radius 2 is 2.36 bits per heavy atom. The highest BCUT2D eigenvalue weighted by Crippen LogP contribution is 2.23. The van der Waals surface area contributed by atoms with Gasteiger partial charge in [0, 0.05) is 11.1 Å². The standard InChI is InChI=1S/C10H11NOS2/c12-9(10-6-11-7-14-10)4-3-8-2-1-5-13-8/h1-2,5-7,9,12H,3-4H2. The van der Waals surface area contributed by atoms with E-state index in [-0.39, 0.29) is 6.10 Å². The molecule has 0 spiro atoms. The van der Waals surface area contributed by atoms with Crippen LogP contribution in [0.4, 0.5) is 0 Å². The Balaban J connectivity index is 1.87. The van der Waals surface area contributed by atoms with E-state index >= 15 is 0 Å². The second kappa shape index (κ2) is 4.68. The summed E-state index contributed by atoms with van der Waals surface area (Å²) in [5, 5.41) is 11.8. The maximum atomic E-state index is 9.78. The highest BCUT2D eigenvalue weighted by Gasteiger charge is 2.09. The Hall–Kier alpha value is -0.710. The molecule has 0 saturated heterocycles. The van der Waals surface area contributed by atoms with Crippen molar-refractivity contribution in [3.63, 3.8) is 0 Å². The van der Waals surface area contributed by atoms with Crippen LogP contribution in [-0.2, 0) is 6.42 Å². The fraction of sp³-hybridized carbons (Fsp3) is 0.300. The number of aryl methyl sites for hydroxylation is 1. The van der Waals surface area contributed by atoms with Crippen LogP contribution in [0.5, 0.6) is 0 Å². The molecule has 0 saturated carbocycles. The summed E-state index contributed by atoms with van der Waals surface area (Å²) in [5.74, 6) is 0. The van der Waals surface area contributed by atoms with Gasteiger partial charge in [0.25, 0.3) is 0 Å². The number of thiazole rings is 1. The third-order valence-corrected chi connectivity index (χ3v) is 3.84. The first-order valence-electron chi connectivity index (χ1n) is 4.45. The number of thiophene rings is 1. The minimum Gasteiger partial charge on any atom is -0.388 e. The number of aromatic nitrogens is 1. The van der Waals surface area contributed by atoms with Gasteiger partial charge in [-0.25, -0.2) is 0 Å². The third-order valence-electron chi connectivity index (χ3n) is 2.02. The Bertz CT molecular complexity index is 355. The number of hydrogen-bond acceptors (Lipinski definition) is 4. The van der Waals surface area contributed by atoms with Crippen molar-refractivity contribution in [3.8, 4) is 0 Å². The van der Waals surface area contributed by atoms with Gasteiger partial charge in [-0.3, -0.25) is 4.98 Å². The number of hydrogen-bond donors (Lipinski definition) is 1. The van der Waals surface area contributed by atoms with Gasteiger partial charge in [-0.05, 0) is 24.3 Å². The van der Waals surface area contributed by atoms with E-state index in [1.807, 2.05) is 6.07 Å². The average Bonchev–Trinajstić information content (AvgIpc) is 2.87. The van der Waals surface area contributed by atoms with Gasteiger partial charge in [-0.2, -0.15) is 0 Å². The maximum absolute atomic E-state index is 9.78. The molecule has 0 aliphatic rings. The van der Waals surface area contributed by atoms with Crippen molar-refractivity contribution in [1.29, 1.82) is 0 Å². The molecule has 0 amide bonds. The molecule has 0 aromatic carbocycles. The molecule has 4 heteroatoms. The lowest BCUT2D eigenvalue weighted by Crippen LogP contribution is -1.96. The van der Waals surface area contributed by atoms with E-state index in [4.69, 9.17) is 0 Å². The fourth-order valence-corrected chi connectivity index (χ4v) is 2.63. The van der Waals surface area contributed by atoms with Crippen molar-refractivity contribution in [1.82, 2.24) is 4.98 Å². The first-order valence-corrected chi connectivity index (χ1v) is 6.21. The molecule has 2 aromatic rings. The van der Waals surface area contributed by atoms with Crippen molar-refractivity contribution in [2.75, 3.05) is 0 Å². The van der Waals surface area contributed by atoms with Gasteiger partial charge in [-0.15, -0.1) is 22.7 Å². The second-order valence-corrected chi connectivity index (χ2v) is 4.99. The summed E-state index contributed by atoms with van der Waals surface area (Å²) < 4.78 is 0. The van der Waals surface area contributed by atoms with Crippen LogP contribution in [0.1, 0.15) is 22.3 Å². The summed E-state index contributed by atoms with van der Waals surface area (Å²) in [6, 6.07) is 4.14. The SMILES string of the molecule is OC(CCc1cccs1)c1cncs1. The van der Waals surface area contributed by atoms with Crippen molar-refractivity contribution < 1.29 is 5.11 Å². The van der Waals surface area contributed by atoms with Crippen molar-refractivity contribution in [2.24, 2.45) is 0 Å². The molecule has 1 unspecified atom stereocenters. The topological polar surface area (TPSA) is 33.1 Å². The Kier molecular flexibility index (Phi) is 3.29. The molecule has 2 nitrogen and oxygen atoms in total. The highest BCUT2D eigenvalue weighted by atomic mass is 32.1. The zero-order valence-corrected chi connectivity index (χ0v) is 9.22. The number of aliphatic hydroxyl groups excluding tert-OH is 1. The monoisotopic (exact) mass is 225 g/mol. The van der Waals surface area contributed by atoms with Gasteiger partial charge in [0.05, 0.1) is 16.5 Å². The van der Waals surface area contributed by atoms with Crippen LogP contribution in [0.25, 0.3) is 0 Å². The van der Waals surface area contributed by atoms with E-state index < -0.39 is 0 Å². The van der Waals surface area contributed by atoms with Crippen LogP contribution >= 0.6 is 22.7 Å². The van der Waals surface area contributed by atoms with E-state index in [0.29, 0.717) is 0 Å². The molecule has 2 rings (SSSR count). The first-order chi connectivity index (χ1) is 6.86. The smallest absolute Gasteiger partial charge is 0.0901 e. The summed E-state index contributed by atoms with van der Waals surface area (Å²) in [5.41, 5.74) is 1.75. The van der Waals surface area contributed by atoms with Crippen LogP contribution < -0.4 is 0 Å². The quantitative estimate of drug-likeness (QED) is 0.868. The van der Waals surface area contributed by atoms with Crippen LogP contribution in [0.3, 0.4) is 0 Å². The molecule has 0 bridgehead atoms. The number of rotatable bonds is 4. The lowest BCUT2D eigenvalue weighted by Gasteiger charge is -2.05. The van der Waals surface area contributed by atoms with E-state index in [1.165, 1.54) is 16.2 Å². The predicted octanol–water partition coefficient (Wildman–Crippen LogP) is 2.87. The molecule has 2 aromatic heterocycles. The minimum absolute atomic E-state index is 0.357. The van der Waals surface area contributed by atoms with Gasteiger partial charge < -0.3 is 5.11 Å². The van der Waals surface area contributed by atoms with Crippen LogP contribution in [0, 0.1) is 0 Å². The van der Waals surface area contributed by atoms with Gasteiger partial charge in [0.15, 0.2) is 0 Å². The largest absolute Gasteiger partial charge is 0.388 e. The first kappa shape index (κ1) is 9.83. The molecule has 0 aliphatic heterocycles. The molecule has 74 valence electrons. The van der Waals surface area contributed by atoms with Crippen molar-refractivity contribution in [2.45, 2.75) is 18.9 Å². The third kappa shape index (κ3) is 2.41. The number of nitrogens with zero attached hydrogens (tertiary/aromatic N) is 1. The van der Waals surface area contributed by atoms with Crippen molar-refractivity contribution >= 4 is 22.7 Å². The van der Waals surface area contributed by atoms with Crippen LogP contribution in [0.2, 0.25) is 0 Å². The molecule has 1 atom stereocenters. The summed E-state index contributed by atoms with van der Waals surface area (Å²) in [6.45, 7) is 0. The van der Waals surface area contributed by atoms with E-state index in [1.54, 1.807) is 23.0 Å². The molecule has 2 heterocycles. The van der Waals surface area contributed by atoms with Gasteiger partial charge in [0.2, 0.25) is 0 Å². The summed E-state index contributed by atoms with van der Waals surface area (Å²) in [6.07, 6.45) is 3.10. The lowest BCUT2D eigenvalue weighted by atomic mass is 10.1. The Morgan fingerprint density at radius 1 is 1.43 bits per heavy atom. The predicted molar refractivity (Wildman–Crippen MR) is 59.7 cm³/mol. The Morgan fingerprint density at radius 3 is 3.00 bits per heavy atom. The average molecular weight is 225 g/mol. The summed E-state index contributed by atoms with van der Waals surface area (Å²) in [4.78, 5) is 6.24. The molecule has 0 fully saturated rings. The van der Waals surface area contributed by atoms with E-state index in [9.17, 15) is 5.11 Å². The minimum atomic E-state index is -0.357. The van der Waals surface area contributed by atoms with E-state index in [2.05, 4.69) is 16.4 Å². The summed E-state index contributed by atoms with van der Waals surface area (Å²) >= 11 is 3.25. The highest BCUT2D eigenvalue weighted by molar-refractivity contribution is 7.10. The molecule has 1 N–H and O–H groups in total. The summed E-state index contributed by atoms with van der Waals surface area (Å²) in [7, 11) is 0. The van der Waals surface area contributed by atoms with Crippen LogP contribution in [0.15, 0.2) is 29.2 Å². The van der Waals surface area contributed by atoms with Gasteiger partial charge in [-0.1, -0.05) is 6.07 Å². The molecule has 0 aliphatic carbocycles. The zero-order chi connectivity index (χ0) is 9.80. The van der Waals surface area contributed by atoms with Crippen molar-refractivity contribution in [3.05, 3.63) is 39.0 Å². The van der Waals surface area contributed by atoms with Gasteiger partial charge in [0.1, 0.15) is 0 Å². The van der Waals surface area contributed by atoms with Crippen LogP contribution in [-0.4, -0.2) is 10.1 Å². The maximum Gasteiger partial charge on any atom is 0.0901 e. The number of aliphatic hydroxyl groups is 1. The molecular formula is C10H11NOS2. The van der Waals surface area contributed by atoms with E-state index in [0.717, 1.165) is 17.7 Å². The fourth-order valence-electron chi connectivity index (χ4n) is 1.27. The normalized spacial score (nSPS) is 12.9. The molecular weight excluding hydrogens is 214 g/mol. The zero-order valence-electron chi connectivity index (χ0n) is 7.59. The Labute approximate surface area is 90.9 Å². The molecule has 0 radical (unpaired) electrons. The molecule has 14 heavy (non-hydrogen) atoms.